The van der Waals surface area contributed by atoms with Gasteiger partial charge >= 0.3 is 5.97 Å². The summed E-state index contributed by atoms with van der Waals surface area (Å²) in [5, 5.41) is 22.9. The fourth-order valence-electron chi connectivity index (χ4n) is 2.57. The first-order valence-electron chi connectivity index (χ1n) is 8.39. The molecule has 0 aliphatic rings. The lowest BCUT2D eigenvalue weighted by molar-refractivity contribution is -0.137. The van der Waals surface area contributed by atoms with Crippen LogP contribution in [0.5, 0.6) is 5.75 Å². The molecular weight excluding hydrogens is 364 g/mol. The van der Waals surface area contributed by atoms with E-state index in [1.807, 2.05) is 42.5 Å². The lowest BCUT2D eigenvalue weighted by atomic mass is 10.1. The molecule has 0 fully saturated rings. The van der Waals surface area contributed by atoms with Gasteiger partial charge in [-0.05, 0) is 36.8 Å². The Hall–Kier alpha value is -3.06. The molecule has 7 heteroatoms. The number of aliphatic carboxylic acids is 1. The third-order valence-electron chi connectivity index (χ3n) is 3.88. The molecule has 0 bridgehead atoms. The van der Waals surface area contributed by atoms with Crippen molar-refractivity contribution >= 4 is 34.4 Å². The number of nitrogens with one attached hydrogen (secondary N) is 1. The van der Waals surface area contributed by atoms with Crippen molar-refractivity contribution < 1.29 is 19.8 Å². The number of carbonyl (C=O) groups is 2. The summed E-state index contributed by atoms with van der Waals surface area (Å²) in [5.41, 5.74) is -0.0683. The van der Waals surface area contributed by atoms with Crippen molar-refractivity contribution in [1.29, 1.82) is 0 Å². The minimum atomic E-state index is -0.917. The lowest BCUT2D eigenvalue weighted by Gasteiger charge is -2.09. The molecule has 1 heterocycles. The van der Waals surface area contributed by atoms with Gasteiger partial charge in [-0.1, -0.05) is 30.0 Å². The number of aromatic nitrogens is 1. The highest BCUT2D eigenvalue weighted by Gasteiger charge is 2.16. The predicted molar refractivity (Wildman–Crippen MR) is 103 cm³/mol. The van der Waals surface area contributed by atoms with Crippen molar-refractivity contribution in [3.8, 4) is 5.75 Å². The van der Waals surface area contributed by atoms with Crippen LogP contribution in [0.15, 0.2) is 64.5 Å². The van der Waals surface area contributed by atoms with Crippen molar-refractivity contribution in [3.05, 3.63) is 60.4 Å². The number of fused-ring (bicyclic) bond motifs is 1. The molecule has 0 atom stereocenters. The Bertz CT molecular complexity index is 976. The number of nitrogens with zero attached hydrogens (tertiary/aromatic N) is 1. The number of hydrogen-bond acceptors (Lipinski definition) is 5. The van der Waals surface area contributed by atoms with Gasteiger partial charge < -0.3 is 15.5 Å². The second-order valence-corrected chi connectivity index (χ2v) is 7.02. The molecule has 2 aromatic carbocycles. The van der Waals surface area contributed by atoms with E-state index in [1.54, 1.807) is 24.0 Å². The first kappa shape index (κ1) is 18.7. The lowest BCUT2D eigenvalue weighted by Crippen LogP contribution is -2.25. The van der Waals surface area contributed by atoms with Gasteiger partial charge in [0.1, 0.15) is 0 Å². The fourth-order valence-corrected chi connectivity index (χ4v) is 3.45. The first-order chi connectivity index (χ1) is 13.0. The minimum absolute atomic E-state index is 0.0285. The van der Waals surface area contributed by atoms with E-state index in [1.165, 1.54) is 0 Å². The van der Waals surface area contributed by atoms with E-state index in [-0.39, 0.29) is 24.4 Å². The maximum atomic E-state index is 12.2. The molecule has 0 aliphatic heterocycles. The van der Waals surface area contributed by atoms with Gasteiger partial charge in [-0.3, -0.25) is 9.59 Å². The molecule has 0 unspecified atom stereocenters. The van der Waals surface area contributed by atoms with Crippen molar-refractivity contribution in [2.75, 3.05) is 6.54 Å². The number of carboxylic acid groups (broad SMARTS) is 1. The van der Waals surface area contributed by atoms with Crippen LogP contribution in [-0.2, 0) is 4.79 Å². The molecule has 6 nitrogen and oxygen atoms in total. The quantitative estimate of drug-likeness (QED) is 0.539. The summed E-state index contributed by atoms with van der Waals surface area (Å²) < 4.78 is 0. The standard InChI is InChI=1S/C20H18N2O4S/c23-17(24)7-4-10-21-20(26)18-19(25)16-9-8-15(11-13(16)12-22-18)27-14-5-2-1-3-6-14/h1-3,5-6,8-9,11-12,25H,4,7,10H2,(H,21,26)(H,23,24). The van der Waals surface area contributed by atoms with E-state index in [2.05, 4.69) is 10.3 Å². The molecule has 0 radical (unpaired) electrons. The minimum Gasteiger partial charge on any atom is -0.505 e. The summed E-state index contributed by atoms with van der Waals surface area (Å²) in [5.74, 6) is -1.62. The van der Waals surface area contributed by atoms with Crippen molar-refractivity contribution in [2.24, 2.45) is 0 Å². The molecule has 0 saturated heterocycles. The zero-order valence-electron chi connectivity index (χ0n) is 14.4. The highest BCUT2D eigenvalue weighted by atomic mass is 32.2. The number of carboxylic acids is 1. The largest absolute Gasteiger partial charge is 0.505 e. The van der Waals surface area contributed by atoms with Crippen LogP contribution in [0.4, 0.5) is 0 Å². The number of rotatable bonds is 7. The third kappa shape index (κ3) is 4.77. The highest BCUT2D eigenvalue weighted by Crippen LogP contribution is 2.33. The summed E-state index contributed by atoms with van der Waals surface area (Å²) in [7, 11) is 0. The number of pyridine rings is 1. The van der Waals surface area contributed by atoms with Crippen molar-refractivity contribution in [3.63, 3.8) is 0 Å². The Morgan fingerprint density at radius 1 is 1.07 bits per heavy atom. The van der Waals surface area contributed by atoms with Crippen LogP contribution in [-0.4, -0.2) is 33.6 Å². The number of carbonyl (C=O) groups excluding carboxylic acids is 1. The molecule has 3 N–H and O–H groups in total. The van der Waals surface area contributed by atoms with Gasteiger partial charge in [0.2, 0.25) is 0 Å². The SMILES string of the molecule is O=C(O)CCCNC(=O)c1ncc2cc(Sc3ccccc3)ccc2c1O. The second-order valence-electron chi connectivity index (χ2n) is 5.87. The predicted octanol–water partition coefficient (Wildman–Crippen LogP) is 3.69. The maximum absolute atomic E-state index is 12.2. The smallest absolute Gasteiger partial charge is 0.303 e. The maximum Gasteiger partial charge on any atom is 0.303 e. The van der Waals surface area contributed by atoms with Crippen LogP contribution in [0, 0.1) is 0 Å². The zero-order valence-corrected chi connectivity index (χ0v) is 15.2. The van der Waals surface area contributed by atoms with Gasteiger partial charge in [0.05, 0.1) is 0 Å². The Labute approximate surface area is 160 Å². The average molecular weight is 382 g/mol. The van der Waals surface area contributed by atoms with Crippen LogP contribution in [0.1, 0.15) is 23.3 Å². The van der Waals surface area contributed by atoms with E-state index < -0.39 is 11.9 Å². The third-order valence-corrected chi connectivity index (χ3v) is 4.88. The average Bonchev–Trinajstić information content (AvgIpc) is 2.66. The summed E-state index contributed by atoms with van der Waals surface area (Å²) in [4.78, 5) is 28.9. The molecule has 0 aliphatic carbocycles. The zero-order chi connectivity index (χ0) is 19.2. The van der Waals surface area contributed by atoms with E-state index in [0.29, 0.717) is 11.8 Å². The van der Waals surface area contributed by atoms with Gasteiger partial charge in [-0.2, -0.15) is 0 Å². The van der Waals surface area contributed by atoms with E-state index in [0.717, 1.165) is 15.2 Å². The Morgan fingerprint density at radius 3 is 2.59 bits per heavy atom. The van der Waals surface area contributed by atoms with Crippen LogP contribution >= 0.6 is 11.8 Å². The van der Waals surface area contributed by atoms with Gasteiger partial charge in [0.15, 0.2) is 11.4 Å². The Morgan fingerprint density at radius 2 is 1.85 bits per heavy atom. The van der Waals surface area contributed by atoms with E-state index in [4.69, 9.17) is 5.11 Å². The van der Waals surface area contributed by atoms with E-state index >= 15 is 0 Å². The molecule has 1 amide bonds. The van der Waals surface area contributed by atoms with Gasteiger partial charge in [-0.15, -0.1) is 0 Å². The topological polar surface area (TPSA) is 99.5 Å². The van der Waals surface area contributed by atoms with Gasteiger partial charge in [-0.25, -0.2) is 4.98 Å². The Kier molecular flexibility index (Phi) is 5.93. The molecule has 3 aromatic rings. The van der Waals surface area contributed by atoms with Crippen LogP contribution < -0.4 is 5.32 Å². The van der Waals surface area contributed by atoms with Crippen molar-refractivity contribution in [2.45, 2.75) is 22.6 Å². The fraction of sp³-hybridized carbons (Fsp3) is 0.150. The van der Waals surface area contributed by atoms with Crippen LogP contribution in [0.25, 0.3) is 10.8 Å². The molecule has 27 heavy (non-hydrogen) atoms. The number of amides is 1. The Balaban J connectivity index is 1.76. The molecular formula is C20H18N2O4S. The summed E-state index contributed by atoms with van der Waals surface area (Å²) in [6, 6.07) is 15.5. The summed E-state index contributed by atoms with van der Waals surface area (Å²) in [6.45, 7) is 0.205. The second kappa shape index (κ2) is 8.55. The van der Waals surface area contributed by atoms with Gasteiger partial charge in [0, 0.05) is 39.7 Å². The normalized spacial score (nSPS) is 10.7. The monoisotopic (exact) mass is 382 g/mol. The number of hydrogen-bond donors (Lipinski definition) is 3. The van der Waals surface area contributed by atoms with E-state index in [9.17, 15) is 14.7 Å². The number of benzene rings is 2. The van der Waals surface area contributed by atoms with Crippen LogP contribution in [0.2, 0.25) is 0 Å². The first-order valence-corrected chi connectivity index (χ1v) is 9.21. The summed E-state index contributed by atoms with van der Waals surface area (Å²) in [6.07, 6.45) is 1.84. The molecule has 138 valence electrons. The molecule has 1 aromatic heterocycles. The van der Waals surface area contributed by atoms with Gasteiger partial charge in [0.25, 0.3) is 5.91 Å². The molecule has 3 rings (SSSR count). The summed E-state index contributed by atoms with van der Waals surface area (Å²) >= 11 is 1.60. The molecule has 0 saturated carbocycles. The molecule has 0 spiro atoms. The number of aromatic hydroxyl groups is 1. The highest BCUT2D eigenvalue weighted by molar-refractivity contribution is 7.99. The van der Waals surface area contributed by atoms with Crippen LogP contribution in [0.3, 0.4) is 0 Å². The van der Waals surface area contributed by atoms with Crippen molar-refractivity contribution in [1.82, 2.24) is 10.3 Å².